The number of hydrogen-bond acceptors (Lipinski definition) is 3. The van der Waals surface area contributed by atoms with Gasteiger partial charge in [-0.25, -0.2) is 0 Å². The monoisotopic (exact) mass is 319 g/mol. The molecule has 0 bridgehead atoms. The second-order valence-electron chi connectivity index (χ2n) is 6.42. The Morgan fingerprint density at radius 3 is 2.25 bits per heavy atom. The molecule has 24 heavy (non-hydrogen) atoms. The van der Waals surface area contributed by atoms with E-state index in [2.05, 4.69) is 11.0 Å². The van der Waals surface area contributed by atoms with Crippen LogP contribution < -0.4 is 0 Å². The van der Waals surface area contributed by atoms with Crippen molar-refractivity contribution in [1.29, 1.82) is 0 Å². The van der Waals surface area contributed by atoms with Crippen LogP contribution in [0.15, 0.2) is 60.7 Å². The fraction of sp³-hybridized carbons (Fsp3) is 0.238. The lowest BCUT2D eigenvalue weighted by Crippen LogP contribution is -2.27. The fourth-order valence-corrected chi connectivity index (χ4v) is 3.82. The van der Waals surface area contributed by atoms with Gasteiger partial charge in [-0.2, -0.15) is 0 Å². The van der Waals surface area contributed by atoms with Crippen molar-refractivity contribution >= 4 is 10.8 Å². The number of phenolic OH excluding ortho intramolecular Hbond substituents is 2. The summed E-state index contributed by atoms with van der Waals surface area (Å²) >= 11 is 0. The van der Waals surface area contributed by atoms with E-state index in [0.29, 0.717) is 0 Å². The lowest BCUT2D eigenvalue weighted by Gasteiger charge is -2.30. The van der Waals surface area contributed by atoms with Crippen LogP contribution in [0.2, 0.25) is 0 Å². The van der Waals surface area contributed by atoms with E-state index in [0.717, 1.165) is 47.8 Å². The summed E-state index contributed by atoms with van der Waals surface area (Å²) in [6, 6.07) is 19.1. The van der Waals surface area contributed by atoms with Crippen LogP contribution in [0.5, 0.6) is 11.5 Å². The van der Waals surface area contributed by atoms with E-state index in [9.17, 15) is 10.2 Å². The number of fused-ring (bicyclic) bond motifs is 1. The first-order valence-electron chi connectivity index (χ1n) is 8.48. The topological polar surface area (TPSA) is 43.7 Å². The van der Waals surface area contributed by atoms with E-state index in [-0.39, 0.29) is 17.5 Å². The standard InChI is InChI=1S/C21H21NO2/c23-18-10-4-3-9-17(18)21(22-13-5-6-14-22)20-16-8-2-1-7-15(16)11-12-19(20)24/h1-4,7-12,21,23-24H,5-6,13-14H2/t21-/m0/s1. The summed E-state index contributed by atoms with van der Waals surface area (Å²) in [6.07, 6.45) is 2.30. The van der Waals surface area contributed by atoms with Crippen molar-refractivity contribution in [2.45, 2.75) is 18.9 Å². The van der Waals surface area contributed by atoms with Gasteiger partial charge in [0, 0.05) is 11.1 Å². The molecule has 2 N–H and O–H groups in total. The molecule has 3 aromatic carbocycles. The van der Waals surface area contributed by atoms with Crippen LogP contribution >= 0.6 is 0 Å². The van der Waals surface area contributed by atoms with Crippen LogP contribution in [0, 0.1) is 0 Å². The molecule has 4 rings (SSSR count). The molecule has 0 aromatic heterocycles. The zero-order chi connectivity index (χ0) is 16.5. The van der Waals surface area contributed by atoms with E-state index in [1.54, 1.807) is 12.1 Å². The molecule has 1 atom stereocenters. The highest BCUT2D eigenvalue weighted by Gasteiger charge is 2.30. The van der Waals surface area contributed by atoms with Crippen LogP contribution in [0.1, 0.15) is 30.0 Å². The Hall–Kier alpha value is -2.52. The molecule has 122 valence electrons. The molecule has 1 saturated heterocycles. The Balaban J connectivity index is 1.98. The predicted octanol–water partition coefficient (Wildman–Crippen LogP) is 4.44. The number of hydrogen-bond donors (Lipinski definition) is 2. The highest BCUT2D eigenvalue weighted by atomic mass is 16.3. The summed E-state index contributed by atoms with van der Waals surface area (Å²) in [5, 5.41) is 23.3. The van der Waals surface area contributed by atoms with Crippen molar-refractivity contribution in [1.82, 2.24) is 4.90 Å². The Morgan fingerprint density at radius 1 is 0.750 bits per heavy atom. The number of phenols is 2. The predicted molar refractivity (Wildman–Crippen MR) is 96.4 cm³/mol. The van der Waals surface area contributed by atoms with Crippen molar-refractivity contribution in [2.24, 2.45) is 0 Å². The largest absolute Gasteiger partial charge is 0.508 e. The number of para-hydroxylation sites is 1. The van der Waals surface area contributed by atoms with Gasteiger partial charge in [-0.3, -0.25) is 4.90 Å². The summed E-state index contributed by atoms with van der Waals surface area (Å²) in [5.74, 6) is 0.565. The molecule has 3 nitrogen and oxygen atoms in total. The van der Waals surface area contributed by atoms with E-state index in [1.807, 2.05) is 42.5 Å². The molecule has 0 saturated carbocycles. The molecule has 3 heteroatoms. The van der Waals surface area contributed by atoms with Gasteiger partial charge >= 0.3 is 0 Å². The van der Waals surface area contributed by atoms with Gasteiger partial charge in [-0.15, -0.1) is 0 Å². The lowest BCUT2D eigenvalue weighted by molar-refractivity contribution is 0.271. The second-order valence-corrected chi connectivity index (χ2v) is 6.42. The lowest BCUT2D eigenvalue weighted by atomic mass is 9.91. The Labute approximate surface area is 141 Å². The molecule has 3 aromatic rings. The Morgan fingerprint density at radius 2 is 1.46 bits per heavy atom. The van der Waals surface area contributed by atoms with Gasteiger partial charge < -0.3 is 10.2 Å². The van der Waals surface area contributed by atoms with Crippen molar-refractivity contribution in [3.63, 3.8) is 0 Å². The van der Waals surface area contributed by atoms with Crippen molar-refractivity contribution < 1.29 is 10.2 Å². The second kappa shape index (κ2) is 6.17. The van der Waals surface area contributed by atoms with Crippen molar-refractivity contribution in [2.75, 3.05) is 13.1 Å². The number of rotatable bonds is 3. The van der Waals surface area contributed by atoms with Crippen molar-refractivity contribution in [3.05, 3.63) is 71.8 Å². The fourth-order valence-electron chi connectivity index (χ4n) is 3.82. The molecule has 1 fully saturated rings. The Kier molecular flexibility index (Phi) is 3.87. The van der Waals surface area contributed by atoms with Crippen LogP contribution in [0.4, 0.5) is 0 Å². The molecule has 0 spiro atoms. The normalized spacial score (nSPS) is 16.5. The molecule has 1 heterocycles. The number of likely N-dealkylation sites (tertiary alicyclic amines) is 1. The maximum Gasteiger partial charge on any atom is 0.121 e. The van der Waals surface area contributed by atoms with Gasteiger partial charge in [0.1, 0.15) is 11.5 Å². The highest BCUT2D eigenvalue weighted by molar-refractivity contribution is 5.88. The molecular formula is C21H21NO2. The Bertz CT molecular complexity index is 869. The minimum atomic E-state index is -0.139. The highest BCUT2D eigenvalue weighted by Crippen LogP contribution is 2.42. The van der Waals surface area contributed by atoms with Gasteiger partial charge in [-0.1, -0.05) is 48.5 Å². The summed E-state index contributed by atoms with van der Waals surface area (Å²) in [7, 11) is 0. The van der Waals surface area contributed by atoms with Crippen LogP contribution in [-0.2, 0) is 0 Å². The van der Waals surface area contributed by atoms with E-state index in [4.69, 9.17) is 0 Å². The average molecular weight is 319 g/mol. The summed E-state index contributed by atoms with van der Waals surface area (Å²) in [4.78, 5) is 2.36. The quantitative estimate of drug-likeness (QED) is 0.750. The summed E-state index contributed by atoms with van der Waals surface area (Å²) in [5.41, 5.74) is 1.74. The number of nitrogens with zero attached hydrogens (tertiary/aromatic N) is 1. The van der Waals surface area contributed by atoms with E-state index in [1.165, 1.54) is 0 Å². The third-order valence-electron chi connectivity index (χ3n) is 4.96. The smallest absolute Gasteiger partial charge is 0.121 e. The van der Waals surface area contributed by atoms with Crippen LogP contribution in [0.3, 0.4) is 0 Å². The first-order valence-corrected chi connectivity index (χ1v) is 8.48. The van der Waals surface area contributed by atoms with E-state index >= 15 is 0 Å². The molecule has 0 radical (unpaired) electrons. The minimum absolute atomic E-state index is 0.139. The van der Waals surface area contributed by atoms with Crippen LogP contribution in [0.25, 0.3) is 10.8 Å². The van der Waals surface area contributed by atoms with E-state index < -0.39 is 0 Å². The SMILES string of the molecule is Oc1ccccc1[C@@H](c1c(O)ccc2ccccc12)N1CCCC1. The number of benzene rings is 3. The first kappa shape index (κ1) is 15.0. The molecule has 1 aliphatic heterocycles. The van der Waals surface area contributed by atoms with Gasteiger partial charge in [0.15, 0.2) is 0 Å². The first-order chi connectivity index (χ1) is 11.8. The molecule has 0 aliphatic carbocycles. The zero-order valence-corrected chi connectivity index (χ0v) is 13.5. The van der Waals surface area contributed by atoms with Gasteiger partial charge in [0.25, 0.3) is 0 Å². The zero-order valence-electron chi connectivity index (χ0n) is 13.5. The van der Waals surface area contributed by atoms with Crippen molar-refractivity contribution in [3.8, 4) is 11.5 Å². The summed E-state index contributed by atoms with van der Waals surface area (Å²) in [6.45, 7) is 1.95. The summed E-state index contributed by atoms with van der Waals surface area (Å²) < 4.78 is 0. The third-order valence-corrected chi connectivity index (χ3v) is 4.96. The number of aromatic hydroxyl groups is 2. The third kappa shape index (κ3) is 2.51. The minimum Gasteiger partial charge on any atom is -0.508 e. The maximum atomic E-state index is 10.7. The average Bonchev–Trinajstić information content (AvgIpc) is 3.13. The maximum absolute atomic E-state index is 10.7. The van der Waals surface area contributed by atoms with Gasteiger partial charge in [0.05, 0.1) is 6.04 Å². The molecule has 0 unspecified atom stereocenters. The molecule has 1 aliphatic rings. The van der Waals surface area contributed by atoms with Gasteiger partial charge in [-0.05, 0) is 48.8 Å². The molecule has 0 amide bonds. The molecular weight excluding hydrogens is 298 g/mol. The van der Waals surface area contributed by atoms with Crippen LogP contribution in [-0.4, -0.2) is 28.2 Å². The van der Waals surface area contributed by atoms with Gasteiger partial charge in [0.2, 0.25) is 0 Å².